The molecule has 0 aliphatic carbocycles. The Morgan fingerprint density at radius 3 is 2.30 bits per heavy atom. The third kappa shape index (κ3) is 5.35. The minimum absolute atomic E-state index is 0.0378. The maximum Gasteiger partial charge on any atom is 0.417 e. The number of rotatable bonds is 6. The Morgan fingerprint density at radius 2 is 1.70 bits per heavy atom. The van der Waals surface area contributed by atoms with Gasteiger partial charge in [-0.3, -0.25) is 4.79 Å². The van der Waals surface area contributed by atoms with Crippen LogP contribution in [0.1, 0.15) is 30.5 Å². The van der Waals surface area contributed by atoms with Crippen molar-refractivity contribution in [2.45, 2.75) is 37.0 Å². The van der Waals surface area contributed by atoms with Crippen LogP contribution in [0.2, 0.25) is 5.02 Å². The first-order chi connectivity index (χ1) is 18.6. The Labute approximate surface area is 233 Å². The highest BCUT2D eigenvalue weighted by Crippen LogP contribution is 2.39. The largest absolute Gasteiger partial charge is 0.417 e. The van der Waals surface area contributed by atoms with Gasteiger partial charge in [0.25, 0.3) is 5.91 Å². The van der Waals surface area contributed by atoms with Gasteiger partial charge in [-0.05, 0) is 61.9 Å². The average molecular weight is 591 g/mol. The normalized spacial score (nSPS) is 15.3. The highest BCUT2D eigenvalue weighted by Gasteiger charge is 2.52. The van der Waals surface area contributed by atoms with Crippen LogP contribution in [0.15, 0.2) is 65.6 Å². The molecule has 0 bridgehead atoms. The van der Waals surface area contributed by atoms with E-state index in [2.05, 4.69) is 5.32 Å². The number of benzene rings is 3. The fourth-order valence-corrected chi connectivity index (χ4v) is 5.20. The van der Waals surface area contributed by atoms with E-state index in [1.807, 2.05) is 0 Å². The summed E-state index contributed by atoms with van der Waals surface area (Å²) in [5.41, 5.74) is -2.16. The van der Waals surface area contributed by atoms with Gasteiger partial charge in [0.1, 0.15) is 5.54 Å². The number of carbonyl (C=O) groups excluding carboxylic acids is 2. The molecule has 0 spiro atoms. The second-order valence-electron chi connectivity index (χ2n) is 9.60. The predicted molar refractivity (Wildman–Crippen MR) is 143 cm³/mol. The lowest BCUT2D eigenvalue weighted by Gasteiger charge is -2.28. The van der Waals surface area contributed by atoms with Crippen molar-refractivity contribution in [3.63, 3.8) is 0 Å². The Hall–Kier alpha value is -4.08. The molecular formula is C27H22ClF3N4O4S. The summed E-state index contributed by atoms with van der Waals surface area (Å²) < 4.78 is 64.3. The third-order valence-electron chi connectivity index (χ3n) is 6.49. The van der Waals surface area contributed by atoms with Crippen molar-refractivity contribution in [1.82, 2.24) is 4.90 Å². The number of amides is 3. The van der Waals surface area contributed by atoms with Crippen molar-refractivity contribution in [3.05, 3.63) is 82.4 Å². The number of imide groups is 1. The number of nitrogens with one attached hydrogen (secondary N) is 1. The number of sulfone groups is 1. The van der Waals surface area contributed by atoms with Gasteiger partial charge in [-0.1, -0.05) is 29.8 Å². The van der Waals surface area contributed by atoms with Crippen LogP contribution < -0.4 is 10.2 Å². The Morgan fingerprint density at radius 1 is 1.02 bits per heavy atom. The van der Waals surface area contributed by atoms with Gasteiger partial charge in [0.2, 0.25) is 0 Å². The quantitative estimate of drug-likeness (QED) is 0.346. The molecule has 40 heavy (non-hydrogen) atoms. The smallest absolute Gasteiger partial charge is 0.354 e. The Bertz CT molecular complexity index is 1680. The van der Waals surface area contributed by atoms with Crippen molar-refractivity contribution in [2.75, 3.05) is 16.5 Å². The van der Waals surface area contributed by atoms with Gasteiger partial charge in [-0.2, -0.15) is 18.4 Å². The molecule has 13 heteroatoms. The number of hydrogen-bond donors (Lipinski definition) is 1. The second kappa shape index (κ2) is 10.1. The van der Waals surface area contributed by atoms with E-state index in [9.17, 15) is 31.2 Å². The number of nitrogens with zero attached hydrogens (tertiary/aromatic N) is 3. The molecule has 1 aliphatic heterocycles. The minimum atomic E-state index is -4.87. The SMILES string of the molecule is CC1(C)C(=O)N(c2ccc(C#N)c(C(F)(F)F)c2)C(=O)N1Cc1ccccc1Nc1ccc(S(C)(=O)=O)cc1Cl. The van der Waals surface area contributed by atoms with Crippen LogP contribution in [-0.2, 0) is 27.4 Å². The number of urea groups is 1. The van der Waals surface area contributed by atoms with E-state index in [1.54, 1.807) is 24.3 Å². The van der Waals surface area contributed by atoms with Gasteiger partial charge in [0.05, 0.1) is 45.0 Å². The number of halogens is 4. The van der Waals surface area contributed by atoms with E-state index in [0.717, 1.165) is 18.4 Å². The summed E-state index contributed by atoms with van der Waals surface area (Å²) in [6.45, 7) is 2.87. The number of hydrogen-bond acceptors (Lipinski definition) is 6. The molecule has 3 aromatic carbocycles. The standard InChI is InChI=1S/C27H22ClF3N4O4S/c1-26(2)24(36)35(18-9-8-16(14-32)20(12-18)27(29,30)31)25(37)34(26)15-17-6-4-5-7-22(17)33-23-11-10-19(13-21(23)28)40(3,38)39/h4-13,33H,15H2,1-3H3. The number of nitriles is 1. The summed E-state index contributed by atoms with van der Waals surface area (Å²) in [5, 5.41) is 12.3. The topological polar surface area (TPSA) is 111 Å². The first-order valence-corrected chi connectivity index (χ1v) is 13.9. The van der Waals surface area contributed by atoms with Crippen molar-refractivity contribution in [2.24, 2.45) is 0 Å². The third-order valence-corrected chi connectivity index (χ3v) is 7.92. The van der Waals surface area contributed by atoms with Crippen LogP contribution >= 0.6 is 11.6 Å². The number of carbonyl (C=O) groups is 2. The van der Waals surface area contributed by atoms with Crippen LogP contribution in [0.25, 0.3) is 0 Å². The molecule has 1 heterocycles. The molecule has 0 aromatic heterocycles. The highest BCUT2D eigenvalue weighted by atomic mass is 35.5. The molecule has 1 saturated heterocycles. The molecule has 0 saturated carbocycles. The summed E-state index contributed by atoms with van der Waals surface area (Å²) in [5.74, 6) is -0.736. The zero-order valence-corrected chi connectivity index (χ0v) is 22.9. The van der Waals surface area contributed by atoms with Crippen LogP contribution in [-0.4, -0.2) is 37.1 Å². The zero-order chi connectivity index (χ0) is 29.6. The van der Waals surface area contributed by atoms with Gasteiger partial charge in [-0.25, -0.2) is 18.1 Å². The lowest BCUT2D eigenvalue weighted by molar-refractivity contribution is -0.137. The number of para-hydroxylation sites is 1. The molecule has 3 aromatic rings. The molecule has 4 rings (SSSR count). The van der Waals surface area contributed by atoms with E-state index in [0.29, 0.717) is 27.9 Å². The van der Waals surface area contributed by atoms with Crippen molar-refractivity contribution in [1.29, 1.82) is 5.26 Å². The van der Waals surface area contributed by atoms with Gasteiger partial charge in [0.15, 0.2) is 9.84 Å². The summed E-state index contributed by atoms with van der Waals surface area (Å²) in [6.07, 6.45) is -3.81. The van der Waals surface area contributed by atoms with Gasteiger partial charge in [0, 0.05) is 11.9 Å². The lowest BCUT2D eigenvalue weighted by Crippen LogP contribution is -2.43. The summed E-state index contributed by atoms with van der Waals surface area (Å²) in [6, 6.07) is 14.3. The van der Waals surface area contributed by atoms with Crippen molar-refractivity contribution in [3.8, 4) is 6.07 Å². The highest BCUT2D eigenvalue weighted by molar-refractivity contribution is 7.90. The van der Waals surface area contributed by atoms with Crippen LogP contribution in [0, 0.1) is 11.3 Å². The minimum Gasteiger partial charge on any atom is -0.354 e. The van der Waals surface area contributed by atoms with Crippen LogP contribution in [0.5, 0.6) is 0 Å². The summed E-state index contributed by atoms with van der Waals surface area (Å²) in [7, 11) is -3.48. The number of anilines is 3. The summed E-state index contributed by atoms with van der Waals surface area (Å²) >= 11 is 6.31. The molecule has 0 radical (unpaired) electrons. The van der Waals surface area contributed by atoms with Gasteiger partial charge >= 0.3 is 12.2 Å². The molecule has 0 atom stereocenters. The fourth-order valence-electron chi connectivity index (χ4n) is 4.26. The van der Waals surface area contributed by atoms with Crippen LogP contribution in [0.3, 0.4) is 0 Å². The summed E-state index contributed by atoms with van der Waals surface area (Å²) in [4.78, 5) is 28.8. The van der Waals surface area contributed by atoms with Crippen molar-refractivity contribution < 1.29 is 31.2 Å². The van der Waals surface area contributed by atoms with Gasteiger partial charge < -0.3 is 10.2 Å². The Kier molecular flexibility index (Phi) is 7.34. The first kappa shape index (κ1) is 28.9. The van der Waals surface area contributed by atoms with E-state index in [-0.39, 0.29) is 22.2 Å². The average Bonchev–Trinajstić information content (AvgIpc) is 3.03. The monoisotopic (exact) mass is 590 g/mol. The zero-order valence-electron chi connectivity index (χ0n) is 21.4. The fraction of sp³-hybridized carbons (Fsp3) is 0.222. The molecule has 3 amide bonds. The van der Waals surface area contributed by atoms with E-state index < -0.39 is 44.6 Å². The van der Waals surface area contributed by atoms with Crippen LogP contribution in [0.4, 0.5) is 35.0 Å². The van der Waals surface area contributed by atoms with Crippen molar-refractivity contribution >= 4 is 50.4 Å². The number of alkyl halides is 3. The molecule has 8 nitrogen and oxygen atoms in total. The predicted octanol–water partition coefficient (Wildman–Crippen LogP) is 6.12. The molecular weight excluding hydrogens is 569 g/mol. The second-order valence-corrected chi connectivity index (χ2v) is 12.0. The first-order valence-electron chi connectivity index (χ1n) is 11.7. The molecule has 0 unspecified atom stereocenters. The molecule has 1 fully saturated rings. The Balaban J connectivity index is 1.67. The lowest BCUT2D eigenvalue weighted by atomic mass is 10.0. The van der Waals surface area contributed by atoms with E-state index >= 15 is 0 Å². The molecule has 1 N–H and O–H groups in total. The van der Waals surface area contributed by atoms with Gasteiger partial charge in [-0.15, -0.1) is 0 Å². The molecule has 1 aliphatic rings. The maximum atomic E-state index is 13.5. The van der Waals surface area contributed by atoms with E-state index in [1.165, 1.54) is 43.0 Å². The van der Waals surface area contributed by atoms with E-state index in [4.69, 9.17) is 16.9 Å². The molecule has 208 valence electrons. The maximum absolute atomic E-state index is 13.5.